The quantitative estimate of drug-likeness (QED) is 0.732. The summed E-state index contributed by atoms with van der Waals surface area (Å²) >= 11 is 1.97. The fourth-order valence-corrected chi connectivity index (χ4v) is 2.49. The predicted octanol–water partition coefficient (Wildman–Crippen LogP) is 3.79. The van der Waals surface area contributed by atoms with Gasteiger partial charge in [-0.3, -0.25) is 0 Å². The van der Waals surface area contributed by atoms with Gasteiger partial charge in [0.1, 0.15) is 5.82 Å². The van der Waals surface area contributed by atoms with E-state index in [1.165, 1.54) is 17.9 Å². The minimum absolute atomic E-state index is 0.800. The second-order valence-electron chi connectivity index (χ2n) is 4.28. The fourth-order valence-electron chi connectivity index (χ4n) is 1.34. The molecular weight excluding hydrogens is 216 g/mol. The summed E-state index contributed by atoms with van der Waals surface area (Å²) in [6.07, 6.45) is 1.29. The number of anilines is 1. The third-order valence-electron chi connectivity index (χ3n) is 2.25. The molecule has 0 fully saturated rings. The van der Waals surface area contributed by atoms with Crippen LogP contribution in [-0.2, 0) is 5.75 Å². The molecular formula is C13H22N2S. The highest BCUT2D eigenvalue weighted by molar-refractivity contribution is 7.98. The van der Waals surface area contributed by atoms with Crippen molar-refractivity contribution in [2.45, 2.75) is 32.9 Å². The summed E-state index contributed by atoms with van der Waals surface area (Å²) in [4.78, 5) is 4.55. The number of pyridine rings is 1. The van der Waals surface area contributed by atoms with Crippen LogP contribution in [0.4, 0.5) is 5.82 Å². The lowest BCUT2D eigenvalue weighted by atomic mass is 10.2. The maximum Gasteiger partial charge on any atom is 0.126 e. The Morgan fingerprint density at radius 1 is 1.38 bits per heavy atom. The summed E-state index contributed by atoms with van der Waals surface area (Å²) in [5.74, 6) is 4.04. The fraction of sp³-hybridized carbons (Fsp3) is 0.615. The van der Waals surface area contributed by atoms with Gasteiger partial charge in [-0.05, 0) is 37.1 Å². The molecule has 2 nitrogen and oxygen atoms in total. The molecule has 0 spiro atoms. The molecule has 1 aromatic heterocycles. The Bertz CT molecular complexity index is 300. The summed E-state index contributed by atoms with van der Waals surface area (Å²) in [6.45, 7) is 7.55. The Hall–Kier alpha value is -0.700. The molecule has 0 aliphatic heterocycles. The van der Waals surface area contributed by atoms with E-state index in [4.69, 9.17) is 0 Å². The molecule has 0 saturated heterocycles. The van der Waals surface area contributed by atoms with E-state index in [2.05, 4.69) is 43.2 Å². The highest BCUT2D eigenvalue weighted by Gasteiger charge is 1.98. The van der Waals surface area contributed by atoms with Gasteiger partial charge in [0.05, 0.1) is 5.69 Å². The maximum absolute atomic E-state index is 4.55. The van der Waals surface area contributed by atoms with Gasteiger partial charge in [0.25, 0.3) is 0 Å². The third kappa shape index (κ3) is 5.40. The molecule has 0 aliphatic rings. The van der Waals surface area contributed by atoms with Crippen molar-refractivity contribution < 1.29 is 0 Å². The molecule has 1 heterocycles. The maximum atomic E-state index is 4.55. The molecule has 0 aromatic carbocycles. The third-order valence-corrected chi connectivity index (χ3v) is 3.28. The van der Waals surface area contributed by atoms with Gasteiger partial charge in [-0.15, -0.1) is 0 Å². The molecule has 0 bridgehead atoms. The van der Waals surface area contributed by atoms with Gasteiger partial charge in [-0.2, -0.15) is 11.8 Å². The molecule has 1 N–H and O–H groups in total. The number of nitrogens with zero attached hydrogens (tertiary/aromatic N) is 1. The second kappa shape index (κ2) is 7.55. The van der Waals surface area contributed by atoms with Crippen LogP contribution in [0, 0.1) is 5.92 Å². The lowest BCUT2D eigenvalue weighted by molar-refractivity contribution is 0.632. The monoisotopic (exact) mass is 238 g/mol. The van der Waals surface area contributed by atoms with Gasteiger partial charge >= 0.3 is 0 Å². The van der Waals surface area contributed by atoms with E-state index in [0.717, 1.165) is 24.0 Å². The van der Waals surface area contributed by atoms with Gasteiger partial charge < -0.3 is 5.32 Å². The summed E-state index contributed by atoms with van der Waals surface area (Å²) in [5.41, 5.74) is 1.17. The zero-order valence-corrected chi connectivity index (χ0v) is 11.3. The Morgan fingerprint density at radius 2 is 2.19 bits per heavy atom. The average Bonchev–Trinajstić information content (AvgIpc) is 2.25. The van der Waals surface area contributed by atoms with Crippen molar-refractivity contribution in [3.8, 4) is 0 Å². The molecule has 0 atom stereocenters. The normalized spacial score (nSPS) is 10.8. The number of rotatable bonds is 7. The first-order chi connectivity index (χ1) is 7.72. The Labute approximate surface area is 103 Å². The Morgan fingerprint density at radius 3 is 2.88 bits per heavy atom. The first kappa shape index (κ1) is 13.4. The largest absolute Gasteiger partial charge is 0.370 e. The Balaban J connectivity index is 2.33. The lowest BCUT2D eigenvalue weighted by Gasteiger charge is -2.06. The number of thioether (sulfide) groups is 1. The Kier molecular flexibility index (Phi) is 6.31. The van der Waals surface area contributed by atoms with Crippen molar-refractivity contribution >= 4 is 17.6 Å². The second-order valence-corrected chi connectivity index (χ2v) is 5.38. The van der Waals surface area contributed by atoms with E-state index >= 15 is 0 Å². The summed E-state index contributed by atoms with van der Waals surface area (Å²) in [7, 11) is 0. The van der Waals surface area contributed by atoms with Crippen LogP contribution in [0.2, 0.25) is 0 Å². The minimum atomic E-state index is 0.800. The van der Waals surface area contributed by atoms with Gasteiger partial charge in [-0.1, -0.05) is 19.9 Å². The van der Waals surface area contributed by atoms with Crippen LogP contribution in [0.1, 0.15) is 32.9 Å². The molecule has 16 heavy (non-hydrogen) atoms. The standard InChI is InChI=1S/C13H22N2S/c1-4-14-13-7-5-6-12(15-13)10-16-9-8-11(2)3/h5-7,11H,4,8-10H2,1-3H3,(H,14,15). The van der Waals surface area contributed by atoms with Gasteiger partial charge in [0.2, 0.25) is 0 Å². The molecule has 1 aromatic rings. The minimum Gasteiger partial charge on any atom is -0.370 e. The molecule has 1 rings (SSSR count). The van der Waals surface area contributed by atoms with E-state index in [1.54, 1.807) is 0 Å². The first-order valence-corrected chi connectivity index (χ1v) is 7.15. The summed E-state index contributed by atoms with van der Waals surface area (Å²) < 4.78 is 0. The molecule has 0 amide bonds. The van der Waals surface area contributed by atoms with Gasteiger partial charge in [-0.25, -0.2) is 4.98 Å². The van der Waals surface area contributed by atoms with Crippen molar-refractivity contribution in [1.82, 2.24) is 4.98 Å². The predicted molar refractivity (Wildman–Crippen MR) is 74.0 cm³/mol. The van der Waals surface area contributed by atoms with Crippen LogP contribution < -0.4 is 5.32 Å². The van der Waals surface area contributed by atoms with E-state index in [-0.39, 0.29) is 0 Å². The molecule has 0 radical (unpaired) electrons. The lowest BCUT2D eigenvalue weighted by Crippen LogP contribution is -2.00. The van der Waals surface area contributed by atoms with Crippen molar-refractivity contribution in [2.75, 3.05) is 17.6 Å². The van der Waals surface area contributed by atoms with Crippen LogP contribution in [0.5, 0.6) is 0 Å². The molecule has 0 aliphatic carbocycles. The number of aromatic nitrogens is 1. The average molecular weight is 238 g/mol. The van der Waals surface area contributed by atoms with Crippen LogP contribution in [0.3, 0.4) is 0 Å². The van der Waals surface area contributed by atoms with Crippen molar-refractivity contribution in [1.29, 1.82) is 0 Å². The van der Waals surface area contributed by atoms with Gasteiger partial charge in [0, 0.05) is 12.3 Å². The molecule has 0 unspecified atom stereocenters. The van der Waals surface area contributed by atoms with Gasteiger partial charge in [0.15, 0.2) is 0 Å². The van der Waals surface area contributed by atoms with E-state index in [0.29, 0.717) is 0 Å². The SMILES string of the molecule is CCNc1cccc(CSCCC(C)C)n1. The smallest absolute Gasteiger partial charge is 0.126 e. The number of hydrogen-bond donors (Lipinski definition) is 1. The van der Waals surface area contributed by atoms with E-state index < -0.39 is 0 Å². The van der Waals surface area contributed by atoms with E-state index in [9.17, 15) is 0 Å². The first-order valence-electron chi connectivity index (χ1n) is 6.00. The number of nitrogens with one attached hydrogen (secondary N) is 1. The van der Waals surface area contributed by atoms with Crippen LogP contribution >= 0.6 is 11.8 Å². The van der Waals surface area contributed by atoms with E-state index in [1.807, 2.05) is 17.8 Å². The summed E-state index contributed by atoms with van der Waals surface area (Å²) in [5, 5.41) is 3.24. The van der Waals surface area contributed by atoms with Crippen molar-refractivity contribution in [3.05, 3.63) is 23.9 Å². The van der Waals surface area contributed by atoms with Crippen LogP contribution in [0.25, 0.3) is 0 Å². The summed E-state index contributed by atoms with van der Waals surface area (Å²) in [6, 6.07) is 6.19. The molecule has 90 valence electrons. The highest BCUT2D eigenvalue weighted by atomic mass is 32.2. The topological polar surface area (TPSA) is 24.9 Å². The molecule has 0 saturated carbocycles. The highest BCUT2D eigenvalue weighted by Crippen LogP contribution is 2.15. The van der Waals surface area contributed by atoms with Crippen LogP contribution in [-0.4, -0.2) is 17.3 Å². The van der Waals surface area contributed by atoms with Crippen molar-refractivity contribution in [3.63, 3.8) is 0 Å². The number of hydrogen-bond acceptors (Lipinski definition) is 3. The van der Waals surface area contributed by atoms with Crippen LogP contribution in [0.15, 0.2) is 18.2 Å². The van der Waals surface area contributed by atoms with Crippen molar-refractivity contribution in [2.24, 2.45) is 5.92 Å². The zero-order valence-electron chi connectivity index (χ0n) is 10.5. The zero-order chi connectivity index (χ0) is 11.8. The molecule has 3 heteroatoms.